The Kier molecular flexibility index (Phi) is 5.05. The minimum Gasteiger partial charge on any atom is -0.382 e. The van der Waals surface area contributed by atoms with Crippen LogP contribution in [0.25, 0.3) is 10.9 Å². The molecule has 1 heterocycles. The number of fused-ring (bicyclic) bond motifs is 1. The fourth-order valence-electron chi connectivity index (χ4n) is 1.94. The summed E-state index contributed by atoms with van der Waals surface area (Å²) in [6, 6.07) is 8.09. The smallest absolute Gasteiger partial charge is 0.0705 e. The lowest BCUT2D eigenvalue weighted by atomic mass is 10.2. The van der Waals surface area contributed by atoms with Gasteiger partial charge in [-0.1, -0.05) is 29.8 Å². The Bertz CT molecular complexity index is 495. The molecule has 0 aliphatic heterocycles. The van der Waals surface area contributed by atoms with Crippen LogP contribution in [0.4, 0.5) is 0 Å². The lowest BCUT2D eigenvalue weighted by molar-refractivity contribution is 0.144. The van der Waals surface area contributed by atoms with Gasteiger partial charge in [0.15, 0.2) is 0 Å². The standard InChI is InChI=1S/C14H19ClN2O/c1-2-18-9-5-8-16-10-13-14(15)11-6-3-4-7-12(11)17-13/h3-4,6-7,16-17H,2,5,8-10H2,1H3. The summed E-state index contributed by atoms with van der Waals surface area (Å²) in [6.07, 6.45) is 1.02. The van der Waals surface area contributed by atoms with Gasteiger partial charge in [-0.3, -0.25) is 0 Å². The van der Waals surface area contributed by atoms with Gasteiger partial charge >= 0.3 is 0 Å². The molecule has 0 fully saturated rings. The highest BCUT2D eigenvalue weighted by Crippen LogP contribution is 2.26. The molecule has 1 aromatic heterocycles. The molecule has 18 heavy (non-hydrogen) atoms. The third kappa shape index (κ3) is 3.25. The van der Waals surface area contributed by atoms with Gasteiger partial charge in [-0.05, 0) is 26.0 Å². The highest BCUT2D eigenvalue weighted by atomic mass is 35.5. The van der Waals surface area contributed by atoms with E-state index in [4.69, 9.17) is 16.3 Å². The summed E-state index contributed by atoms with van der Waals surface area (Å²) in [5.74, 6) is 0. The number of para-hydroxylation sites is 1. The average molecular weight is 267 g/mol. The van der Waals surface area contributed by atoms with E-state index in [1.54, 1.807) is 0 Å². The molecular formula is C14H19ClN2O. The summed E-state index contributed by atoms with van der Waals surface area (Å²) in [5, 5.41) is 5.28. The van der Waals surface area contributed by atoms with Crippen molar-refractivity contribution in [3.8, 4) is 0 Å². The molecule has 0 spiro atoms. The molecule has 2 N–H and O–H groups in total. The van der Waals surface area contributed by atoms with Gasteiger partial charge in [0.25, 0.3) is 0 Å². The topological polar surface area (TPSA) is 37.0 Å². The van der Waals surface area contributed by atoms with Crippen LogP contribution in [0.3, 0.4) is 0 Å². The molecule has 2 rings (SSSR count). The SMILES string of the molecule is CCOCCCNCc1[nH]c2ccccc2c1Cl. The number of H-pyrrole nitrogens is 1. The maximum atomic E-state index is 6.32. The van der Waals surface area contributed by atoms with Gasteiger partial charge < -0.3 is 15.0 Å². The quantitative estimate of drug-likeness (QED) is 0.754. The van der Waals surface area contributed by atoms with Crippen molar-refractivity contribution in [1.82, 2.24) is 10.3 Å². The van der Waals surface area contributed by atoms with Crippen LogP contribution in [0, 0.1) is 0 Å². The van der Waals surface area contributed by atoms with Crippen LogP contribution >= 0.6 is 11.6 Å². The van der Waals surface area contributed by atoms with Gasteiger partial charge in [-0.15, -0.1) is 0 Å². The van der Waals surface area contributed by atoms with Crippen LogP contribution in [0.15, 0.2) is 24.3 Å². The molecule has 0 unspecified atom stereocenters. The molecule has 0 aliphatic carbocycles. The molecule has 0 atom stereocenters. The maximum Gasteiger partial charge on any atom is 0.0705 e. The highest BCUT2D eigenvalue weighted by molar-refractivity contribution is 6.36. The van der Waals surface area contributed by atoms with Crippen molar-refractivity contribution >= 4 is 22.5 Å². The van der Waals surface area contributed by atoms with Crippen molar-refractivity contribution in [3.63, 3.8) is 0 Å². The molecule has 0 saturated carbocycles. The Morgan fingerprint density at radius 1 is 1.33 bits per heavy atom. The fourth-order valence-corrected chi connectivity index (χ4v) is 2.22. The number of aromatic nitrogens is 1. The van der Waals surface area contributed by atoms with Crippen molar-refractivity contribution in [2.75, 3.05) is 19.8 Å². The Balaban J connectivity index is 1.86. The number of benzene rings is 1. The third-order valence-corrected chi connectivity index (χ3v) is 3.29. The van der Waals surface area contributed by atoms with E-state index < -0.39 is 0 Å². The van der Waals surface area contributed by atoms with Crippen LogP contribution in [0.1, 0.15) is 19.0 Å². The Hall–Kier alpha value is -1.03. The third-order valence-electron chi connectivity index (χ3n) is 2.86. The number of rotatable bonds is 7. The summed E-state index contributed by atoms with van der Waals surface area (Å²) in [4.78, 5) is 3.34. The van der Waals surface area contributed by atoms with Crippen molar-refractivity contribution in [3.05, 3.63) is 35.0 Å². The molecule has 0 bridgehead atoms. The van der Waals surface area contributed by atoms with E-state index in [9.17, 15) is 0 Å². The van der Waals surface area contributed by atoms with E-state index in [2.05, 4.69) is 10.3 Å². The number of nitrogens with one attached hydrogen (secondary N) is 2. The second-order valence-electron chi connectivity index (χ2n) is 4.19. The van der Waals surface area contributed by atoms with E-state index in [1.165, 1.54) is 0 Å². The second kappa shape index (κ2) is 6.78. The van der Waals surface area contributed by atoms with E-state index in [-0.39, 0.29) is 0 Å². The number of halogens is 1. The lowest BCUT2D eigenvalue weighted by Crippen LogP contribution is -2.16. The summed E-state index contributed by atoms with van der Waals surface area (Å²) in [7, 11) is 0. The zero-order chi connectivity index (χ0) is 12.8. The van der Waals surface area contributed by atoms with Crippen LogP contribution in [0.5, 0.6) is 0 Å². The van der Waals surface area contributed by atoms with Gasteiger partial charge in [-0.25, -0.2) is 0 Å². The zero-order valence-electron chi connectivity index (χ0n) is 10.6. The first-order valence-electron chi connectivity index (χ1n) is 6.36. The molecule has 4 heteroatoms. The van der Waals surface area contributed by atoms with Gasteiger partial charge in [-0.2, -0.15) is 0 Å². The zero-order valence-corrected chi connectivity index (χ0v) is 11.4. The summed E-state index contributed by atoms with van der Waals surface area (Å²) >= 11 is 6.32. The molecule has 0 saturated heterocycles. The minimum absolute atomic E-state index is 0.764. The largest absolute Gasteiger partial charge is 0.382 e. The van der Waals surface area contributed by atoms with Gasteiger partial charge in [0.1, 0.15) is 0 Å². The van der Waals surface area contributed by atoms with Crippen LogP contribution in [-0.2, 0) is 11.3 Å². The van der Waals surface area contributed by atoms with Crippen LogP contribution in [0.2, 0.25) is 5.02 Å². The Morgan fingerprint density at radius 2 is 2.17 bits per heavy atom. The van der Waals surface area contributed by atoms with Crippen molar-refractivity contribution in [2.24, 2.45) is 0 Å². The molecule has 3 nitrogen and oxygen atoms in total. The Morgan fingerprint density at radius 3 is 2.94 bits per heavy atom. The van der Waals surface area contributed by atoms with Gasteiger partial charge in [0.05, 0.1) is 5.02 Å². The first kappa shape index (κ1) is 13.4. The molecular weight excluding hydrogens is 248 g/mol. The monoisotopic (exact) mass is 266 g/mol. The highest BCUT2D eigenvalue weighted by Gasteiger charge is 2.07. The number of ether oxygens (including phenoxy) is 1. The molecule has 0 radical (unpaired) electrons. The number of aromatic amines is 1. The molecule has 98 valence electrons. The first-order valence-corrected chi connectivity index (χ1v) is 6.74. The molecule has 0 amide bonds. The van der Waals surface area contributed by atoms with Gasteiger partial charge in [0, 0.05) is 36.4 Å². The average Bonchev–Trinajstić information content (AvgIpc) is 2.71. The predicted octanol–water partition coefficient (Wildman–Crippen LogP) is 3.34. The van der Waals surface area contributed by atoms with E-state index in [0.717, 1.165) is 54.3 Å². The Labute approximate surface area is 112 Å². The first-order chi connectivity index (χ1) is 8.83. The van der Waals surface area contributed by atoms with E-state index in [1.807, 2.05) is 31.2 Å². The fraction of sp³-hybridized carbons (Fsp3) is 0.429. The molecule has 1 aromatic carbocycles. The minimum atomic E-state index is 0.764. The number of hydrogen-bond donors (Lipinski definition) is 2. The second-order valence-corrected chi connectivity index (χ2v) is 4.57. The number of hydrogen-bond acceptors (Lipinski definition) is 2. The maximum absolute atomic E-state index is 6.32. The van der Waals surface area contributed by atoms with Crippen molar-refractivity contribution < 1.29 is 4.74 Å². The van der Waals surface area contributed by atoms with E-state index in [0.29, 0.717) is 0 Å². The van der Waals surface area contributed by atoms with E-state index >= 15 is 0 Å². The van der Waals surface area contributed by atoms with Crippen LogP contribution in [-0.4, -0.2) is 24.7 Å². The lowest BCUT2D eigenvalue weighted by Gasteiger charge is -2.04. The molecule has 2 aromatic rings. The summed E-state index contributed by atoms with van der Waals surface area (Å²) in [5.41, 5.74) is 2.14. The molecule has 0 aliphatic rings. The van der Waals surface area contributed by atoms with Crippen LogP contribution < -0.4 is 5.32 Å². The summed E-state index contributed by atoms with van der Waals surface area (Å²) < 4.78 is 5.28. The predicted molar refractivity (Wildman–Crippen MR) is 76.1 cm³/mol. The van der Waals surface area contributed by atoms with Gasteiger partial charge in [0.2, 0.25) is 0 Å². The summed E-state index contributed by atoms with van der Waals surface area (Å²) in [6.45, 7) is 5.31. The van der Waals surface area contributed by atoms with Crippen molar-refractivity contribution in [1.29, 1.82) is 0 Å². The van der Waals surface area contributed by atoms with Crippen molar-refractivity contribution in [2.45, 2.75) is 19.9 Å². The normalized spacial score (nSPS) is 11.2.